The second-order valence-electron chi connectivity index (χ2n) is 13.3. The van der Waals surface area contributed by atoms with Gasteiger partial charge in [-0.05, 0) is 73.6 Å². The fourth-order valence-corrected chi connectivity index (χ4v) is 6.35. The number of aromatic nitrogens is 2. The van der Waals surface area contributed by atoms with Gasteiger partial charge < -0.3 is 9.97 Å². The predicted octanol–water partition coefficient (Wildman–Crippen LogP) is 13.0. The number of benzene rings is 6. The smallest absolute Gasteiger partial charge is 0.0167 e. The van der Waals surface area contributed by atoms with E-state index in [-0.39, 0.29) is 20.1 Å². The van der Waals surface area contributed by atoms with Crippen LogP contribution in [0.3, 0.4) is 0 Å². The number of nitrogens with zero attached hydrogens (tertiary/aromatic N) is 2. The molecule has 0 unspecified atom stereocenters. The van der Waals surface area contributed by atoms with Crippen molar-refractivity contribution < 1.29 is 20.1 Å². The van der Waals surface area contributed by atoms with Crippen molar-refractivity contribution >= 4 is 21.5 Å². The quantitative estimate of drug-likeness (QED) is 0.123. The van der Waals surface area contributed by atoms with Crippen LogP contribution >= 0.6 is 0 Å². The molecule has 8 aromatic rings. The molecule has 0 saturated heterocycles. The number of hydrogen-bond acceptors (Lipinski definition) is 2. The van der Waals surface area contributed by atoms with Crippen molar-refractivity contribution in [1.29, 1.82) is 0 Å². The Bertz CT molecular complexity index is 2270. The Balaban J connectivity index is 0.000000173. The number of pyridine rings is 2. The molecule has 6 aromatic carbocycles. The minimum atomic E-state index is 0. The molecule has 0 fully saturated rings. The van der Waals surface area contributed by atoms with E-state index in [9.17, 15) is 0 Å². The maximum absolute atomic E-state index is 4.75. The summed E-state index contributed by atoms with van der Waals surface area (Å²) >= 11 is 0. The first-order valence-electron chi connectivity index (χ1n) is 17.4. The van der Waals surface area contributed by atoms with E-state index in [4.69, 9.17) is 4.98 Å². The number of hydrogen-bond donors (Lipinski definition) is 0. The van der Waals surface area contributed by atoms with Crippen LogP contribution in [-0.2, 0) is 20.1 Å². The van der Waals surface area contributed by atoms with E-state index in [1.807, 2.05) is 36.7 Å². The normalized spacial score (nSPS) is 10.9. The first kappa shape index (κ1) is 35.6. The molecule has 0 aliphatic rings. The molecule has 8 rings (SSSR count). The molecule has 0 aliphatic carbocycles. The second-order valence-corrected chi connectivity index (χ2v) is 13.3. The Morgan fingerprint density at radius 3 is 1.86 bits per heavy atom. The molecule has 0 aliphatic heterocycles. The molecule has 2 heterocycles. The van der Waals surface area contributed by atoms with Crippen molar-refractivity contribution in [2.24, 2.45) is 0 Å². The van der Waals surface area contributed by atoms with Crippen LogP contribution in [0.2, 0.25) is 0 Å². The van der Waals surface area contributed by atoms with Crippen molar-refractivity contribution in [2.45, 2.75) is 39.5 Å². The summed E-state index contributed by atoms with van der Waals surface area (Å²) in [6.07, 6.45) is 3.79. The van der Waals surface area contributed by atoms with Gasteiger partial charge in [-0.25, -0.2) is 0 Å². The molecule has 2 aromatic heterocycles. The Kier molecular flexibility index (Phi) is 11.3. The monoisotopic (exact) mass is 837 g/mol. The Morgan fingerprint density at radius 1 is 0.490 bits per heavy atom. The van der Waals surface area contributed by atoms with Gasteiger partial charge in [0.25, 0.3) is 0 Å². The molecule has 0 saturated carbocycles. The fourth-order valence-electron chi connectivity index (χ4n) is 6.35. The van der Waals surface area contributed by atoms with Crippen LogP contribution in [0.1, 0.15) is 50.7 Å². The van der Waals surface area contributed by atoms with E-state index >= 15 is 0 Å². The van der Waals surface area contributed by atoms with Crippen molar-refractivity contribution in [3.8, 4) is 44.8 Å². The predicted molar refractivity (Wildman–Crippen MR) is 211 cm³/mol. The van der Waals surface area contributed by atoms with Crippen molar-refractivity contribution in [3.05, 3.63) is 181 Å². The third-order valence-corrected chi connectivity index (χ3v) is 9.18. The number of rotatable bonds is 6. The van der Waals surface area contributed by atoms with Crippen LogP contribution in [0.5, 0.6) is 0 Å². The standard InChI is InChI=1S/C25H24N.C23H16N.Ir/c1-16(2)19-13-20(17(3)4)15-21(14-19)25-24-10-9-18-7-5-6-8-22(18)23(24)11-12-26-25;1-3-8-18(9-4-1)20-12-7-13-22(16-20)23-17-21(14-15-24-23)19-10-5-2-6-11-19;/h5-14,16-17H,1-4H3;1-12,14-17H;/q2*-1;. The summed E-state index contributed by atoms with van der Waals surface area (Å²) in [5.41, 5.74) is 11.4. The molecule has 253 valence electrons. The van der Waals surface area contributed by atoms with Gasteiger partial charge in [0, 0.05) is 32.5 Å². The summed E-state index contributed by atoms with van der Waals surface area (Å²) in [5, 5.41) is 4.98. The van der Waals surface area contributed by atoms with Gasteiger partial charge in [0.05, 0.1) is 0 Å². The summed E-state index contributed by atoms with van der Waals surface area (Å²) in [4.78, 5) is 9.29. The van der Waals surface area contributed by atoms with Crippen LogP contribution in [0.4, 0.5) is 0 Å². The van der Waals surface area contributed by atoms with E-state index < -0.39 is 0 Å². The van der Waals surface area contributed by atoms with E-state index in [0.717, 1.165) is 22.5 Å². The molecule has 1 radical (unpaired) electrons. The topological polar surface area (TPSA) is 25.8 Å². The summed E-state index contributed by atoms with van der Waals surface area (Å²) in [6.45, 7) is 8.94. The molecule has 0 bridgehead atoms. The van der Waals surface area contributed by atoms with E-state index in [0.29, 0.717) is 11.8 Å². The number of fused-ring (bicyclic) bond motifs is 3. The summed E-state index contributed by atoms with van der Waals surface area (Å²) in [7, 11) is 0. The average molecular weight is 837 g/mol. The van der Waals surface area contributed by atoms with Gasteiger partial charge in [-0.3, -0.25) is 0 Å². The third-order valence-electron chi connectivity index (χ3n) is 9.18. The van der Waals surface area contributed by atoms with Crippen LogP contribution in [-0.4, -0.2) is 9.97 Å². The Morgan fingerprint density at radius 2 is 1.16 bits per heavy atom. The largest absolute Gasteiger partial charge is 0.305 e. The molecule has 3 heteroatoms. The van der Waals surface area contributed by atoms with Crippen molar-refractivity contribution in [3.63, 3.8) is 0 Å². The summed E-state index contributed by atoms with van der Waals surface area (Å²) in [6, 6.07) is 57.7. The summed E-state index contributed by atoms with van der Waals surface area (Å²) < 4.78 is 0. The molecular formula is C48H40IrN2-2. The molecule has 51 heavy (non-hydrogen) atoms. The van der Waals surface area contributed by atoms with Crippen LogP contribution < -0.4 is 0 Å². The van der Waals surface area contributed by atoms with Crippen LogP contribution in [0, 0.1) is 12.1 Å². The van der Waals surface area contributed by atoms with Crippen LogP contribution in [0.25, 0.3) is 66.3 Å². The summed E-state index contributed by atoms with van der Waals surface area (Å²) in [5.74, 6) is 0.930. The van der Waals surface area contributed by atoms with Crippen molar-refractivity contribution in [2.75, 3.05) is 0 Å². The SMILES string of the molecule is CC(C)c1[c-]c(-c2nccc3c2ccc2ccccc23)cc(C(C)C)c1.[Ir].[c-]1ccc(-c2ccccc2)cc1-c1cc(-c2ccccc2)ccn1. The molecule has 0 atom stereocenters. The molecule has 2 nitrogen and oxygen atoms in total. The zero-order chi connectivity index (χ0) is 34.5. The minimum absolute atomic E-state index is 0. The zero-order valence-corrected chi connectivity index (χ0v) is 31.8. The third kappa shape index (κ3) is 8.07. The van der Waals surface area contributed by atoms with Gasteiger partial charge in [0.15, 0.2) is 0 Å². The van der Waals surface area contributed by atoms with Crippen LogP contribution in [0.15, 0.2) is 158 Å². The Labute approximate surface area is 315 Å². The second kappa shape index (κ2) is 16.2. The molecular weight excluding hydrogens is 797 g/mol. The zero-order valence-electron chi connectivity index (χ0n) is 29.4. The molecule has 0 amide bonds. The average Bonchev–Trinajstić information content (AvgIpc) is 3.18. The van der Waals surface area contributed by atoms with Gasteiger partial charge in [0.1, 0.15) is 0 Å². The first-order chi connectivity index (χ1) is 24.4. The molecule has 0 spiro atoms. The van der Waals surface area contributed by atoms with Gasteiger partial charge in [-0.1, -0.05) is 131 Å². The molecule has 0 N–H and O–H groups in total. The van der Waals surface area contributed by atoms with E-state index in [1.54, 1.807) is 0 Å². The maximum atomic E-state index is 4.75. The van der Waals surface area contributed by atoms with E-state index in [2.05, 4.69) is 166 Å². The van der Waals surface area contributed by atoms with Gasteiger partial charge in [-0.15, -0.1) is 70.3 Å². The van der Waals surface area contributed by atoms with Crippen molar-refractivity contribution in [1.82, 2.24) is 9.97 Å². The minimum Gasteiger partial charge on any atom is -0.305 e. The Hall–Kier alpha value is -5.21. The van der Waals surface area contributed by atoms with Gasteiger partial charge >= 0.3 is 0 Å². The fraction of sp³-hybridized carbons (Fsp3) is 0.125. The van der Waals surface area contributed by atoms with Gasteiger partial charge in [-0.2, -0.15) is 0 Å². The maximum Gasteiger partial charge on any atom is 0.0167 e. The first-order valence-corrected chi connectivity index (χ1v) is 17.4. The van der Waals surface area contributed by atoms with E-state index in [1.165, 1.54) is 54.9 Å². The van der Waals surface area contributed by atoms with Gasteiger partial charge in [0.2, 0.25) is 0 Å².